The van der Waals surface area contributed by atoms with Crippen molar-refractivity contribution in [1.29, 1.82) is 0 Å². The van der Waals surface area contributed by atoms with Gasteiger partial charge in [-0.1, -0.05) is 12.1 Å². The maximum Gasteiger partial charge on any atom is 0.430 e. The summed E-state index contributed by atoms with van der Waals surface area (Å²) in [6, 6.07) is 5.86. The Bertz CT molecular complexity index is 1080. The molecule has 0 amide bonds. The van der Waals surface area contributed by atoms with E-state index in [0.29, 0.717) is 17.2 Å². The fraction of sp³-hybridized carbons (Fsp3) is 0.333. The molecular weight excluding hydrogens is 443 g/mol. The Hall–Kier alpha value is -2.34. The van der Waals surface area contributed by atoms with Gasteiger partial charge in [0, 0.05) is 30.6 Å². The van der Waals surface area contributed by atoms with Crippen molar-refractivity contribution in [3.63, 3.8) is 0 Å². The molecule has 30 heavy (non-hydrogen) atoms. The smallest absolute Gasteiger partial charge is 0.369 e. The second-order valence-corrected chi connectivity index (χ2v) is 8.94. The monoisotopic (exact) mass is 457 g/mol. The lowest BCUT2D eigenvalue weighted by molar-refractivity contribution is -0.377. The third kappa shape index (κ3) is 3.62. The molecule has 12 heteroatoms. The van der Waals surface area contributed by atoms with E-state index >= 15 is 0 Å². The van der Waals surface area contributed by atoms with E-state index in [-0.39, 0.29) is 29.7 Å². The normalized spacial score (nSPS) is 15.4. The summed E-state index contributed by atoms with van der Waals surface area (Å²) in [6.07, 6.45) is -11.4. The van der Waals surface area contributed by atoms with E-state index in [4.69, 9.17) is 0 Å². The molecule has 0 atom stereocenters. The lowest BCUT2D eigenvalue weighted by Gasteiger charge is -2.33. The Morgan fingerprint density at radius 2 is 1.47 bits per heavy atom. The van der Waals surface area contributed by atoms with E-state index in [1.54, 1.807) is 0 Å². The molecule has 164 valence electrons. The predicted octanol–water partition coefficient (Wildman–Crippen LogP) is 4.06. The minimum Gasteiger partial charge on any atom is -0.369 e. The second kappa shape index (κ2) is 6.84. The summed E-state index contributed by atoms with van der Waals surface area (Å²) in [5.41, 5.74) is -6.10. The molecule has 0 aliphatic carbocycles. The topological polar surface area (TPSA) is 57.6 Å². The third-order valence-corrected chi connectivity index (χ3v) is 5.97. The van der Waals surface area contributed by atoms with Gasteiger partial charge in [-0.3, -0.25) is 0 Å². The van der Waals surface area contributed by atoms with E-state index < -0.39 is 39.2 Å². The maximum atomic E-state index is 14.3. The van der Waals surface area contributed by atoms with Crippen molar-refractivity contribution in [1.82, 2.24) is 0 Å². The van der Waals surface area contributed by atoms with Crippen molar-refractivity contribution in [2.45, 2.75) is 35.9 Å². The predicted molar refractivity (Wildman–Crippen MR) is 91.8 cm³/mol. The largest absolute Gasteiger partial charge is 0.430 e. The highest BCUT2D eigenvalue weighted by molar-refractivity contribution is 7.90. The van der Waals surface area contributed by atoms with Crippen molar-refractivity contribution in [3.8, 4) is 0 Å². The van der Waals surface area contributed by atoms with Crippen LogP contribution in [0.15, 0.2) is 41.3 Å². The van der Waals surface area contributed by atoms with Crippen molar-refractivity contribution < 1.29 is 44.3 Å². The van der Waals surface area contributed by atoms with E-state index in [1.165, 1.54) is 23.1 Å². The average Bonchev–Trinajstić information content (AvgIpc) is 3.01. The lowest BCUT2D eigenvalue weighted by atomic mass is 9.91. The lowest BCUT2D eigenvalue weighted by Crippen LogP contribution is -2.54. The van der Waals surface area contributed by atoms with Crippen LogP contribution in [0.1, 0.15) is 16.7 Å². The van der Waals surface area contributed by atoms with Gasteiger partial charge in [0.05, 0.1) is 4.90 Å². The van der Waals surface area contributed by atoms with Gasteiger partial charge in [0.25, 0.3) is 5.60 Å². The molecule has 0 saturated heterocycles. The zero-order valence-corrected chi connectivity index (χ0v) is 16.0. The number of benzene rings is 2. The Kier molecular flexibility index (Phi) is 5.10. The SMILES string of the molecule is CS(=O)(=O)c1ccc2c(c1)CN(c1ccc(C(O)(C(F)(F)F)C(F)(F)F)c(F)c1)C2. The van der Waals surface area contributed by atoms with E-state index in [1.807, 2.05) is 0 Å². The van der Waals surface area contributed by atoms with Gasteiger partial charge in [-0.2, -0.15) is 26.3 Å². The average molecular weight is 457 g/mol. The first-order valence-electron chi connectivity index (χ1n) is 8.28. The van der Waals surface area contributed by atoms with Gasteiger partial charge in [0.15, 0.2) is 9.84 Å². The van der Waals surface area contributed by atoms with Crippen molar-refractivity contribution in [2.75, 3.05) is 11.2 Å². The van der Waals surface area contributed by atoms with Crippen molar-refractivity contribution >= 4 is 15.5 Å². The van der Waals surface area contributed by atoms with Gasteiger partial charge < -0.3 is 10.0 Å². The van der Waals surface area contributed by atoms with Gasteiger partial charge in [0.1, 0.15) is 5.82 Å². The highest BCUT2D eigenvalue weighted by Crippen LogP contribution is 2.51. The van der Waals surface area contributed by atoms with Crippen LogP contribution in [0.5, 0.6) is 0 Å². The molecule has 0 saturated carbocycles. The molecule has 0 spiro atoms. The number of anilines is 1. The second-order valence-electron chi connectivity index (χ2n) is 6.93. The summed E-state index contributed by atoms with van der Waals surface area (Å²) in [6.45, 7) is 0.210. The molecule has 1 aliphatic rings. The minimum absolute atomic E-state index is 0.0277. The van der Waals surface area contributed by atoms with E-state index in [9.17, 15) is 44.3 Å². The van der Waals surface area contributed by atoms with Crippen LogP contribution in [0, 0.1) is 5.82 Å². The number of halogens is 7. The summed E-state index contributed by atoms with van der Waals surface area (Å²) in [5, 5.41) is 9.38. The Morgan fingerprint density at radius 1 is 0.900 bits per heavy atom. The van der Waals surface area contributed by atoms with Gasteiger partial charge in [0.2, 0.25) is 0 Å². The van der Waals surface area contributed by atoms with Crippen molar-refractivity contribution in [3.05, 3.63) is 58.9 Å². The fourth-order valence-electron chi connectivity index (χ4n) is 3.24. The van der Waals surface area contributed by atoms with Crippen LogP contribution in [0.4, 0.5) is 36.4 Å². The first kappa shape index (κ1) is 22.3. The van der Waals surface area contributed by atoms with Crippen LogP contribution < -0.4 is 4.90 Å². The molecule has 0 unspecified atom stereocenters. The maximum absolute atomic E-state index is 14.3. The van der Waals surface area contributed by atoms with E-state index in [0.717, 1.165) is 12.3 Å². The summed E-state index contributed by atoms with van der Waals surface area (Å²) in [4.78, 5) is 1.49. The number of fused-ring (bicyclic) bond motifs is 1. The summed E-state index contributed by atoms with van der Waals surface area (Å²) < 4.78 is 116. The molecule has 4 nitrogen and oxygen atoms in total. The number of hydrogen-bond acceptors (Lipinski definition) is 4. The molecule has 2 aromatic carbocycles. The van der Waals surface area contributed by atoms with Gasteiger partial charge in [-0.25, -0.2) is 12.8 Å². The molecule has 1 heterocycles. The Labute approximate surface area is 166 Å². The quantitative estimate of drug-likeness (QED) is 0.707. The highest BCUT2D eigenvalue weighted by atomic mass is 32.2. The van der Waals surface area contributed by atoms with Gasteiger partial charge in [-0.15, -0.1) is 0 Å². The van der Waals surface area contributed by atoms with Crippen LogP contribution >= 0.6 is 0 Å². The zero-order chi connectivity index (χ0) is 22.7. The zero-order valence-electron chi connectivity index (χ0n) is 15.1. The first-order valence-corrected chi connectivity index (χ1v) is 10.2. The number of nitrogens with zero attached hydrogens (tertiary/aromatic N) is 1. The highest BCUT2D eigenvalue weighted by Gasteiger charge is 2.72. The van der Waals surface area contributed by atoms with Crippen LogP contribution in [-0.4, -0.2) is 32.1 Å². The first-order chi connectivity index (χ1) is 13.6. The summed E-state index contributed by atoms with van der Waals surface area (Å²) in [7, 11) is -3.48. The standard InChI is InChI=1S/C18H14F7NO3S/c1-30(28,29)13-4-2-10-8-26(9-11(10)6-13)12-3-5-14(15(19)7-12)16(27,17(20,21)22)18(23,24)25/h2-7,27H,8-9H2,1H3. The number of alkyl halides is 6. The van der Waals surface area contributed by atoms with Crippen molar-refractivity contribution in [2.24, 2.45) is 0 Å². The van der Waals surface area contributed by atoms with Crippen LogP contribution in [0.3, 0.4) is 0 Å². The van der Waals surface area contributed by atoms with E-state index in [2.05, 4.69) is 0 Å². The number of sulfone groups is 1. The molecule has 3 rings (SSSR count). The molecular formula is C18H14F7NO3S. The van der Waals surface area contributed by atoms with Crippen LogP contribution in [0.25, 0.3) is 0 Å². The molecule has 0 bridgehead atoms. The van der Waals surface area contributed by atoms with Gasteiger partial charge in [-0.05, 0) is 35.4 Å². The molecule has 2 aromatic rings. The minimum atomic E-state index is -6.19. The Morgan fingerprint density at radius 3 is 1.97 bits per heavy atom. The summed E-state index contributed by atoms with van der Waals surface area (Å²) >= 11 is 0. The fourth-order valence-corrected chi connectivity index (χ4v) is 3.92. The number of hydrogen-bond donors (Lipinski definition) is 1. The molecule has 1 N–H and O–H groups in total. The molecule has 0 radical (unpaired) electrons. The number of aliphatic hydroxyl groups is 1. The molecule has 0 fully saturated rings. The Balaban J connectivity index is 1.96. The molecule has 1 aliphatic heterocycles. The summed E-state index contributed by atoms with van der Waals surface area (Å²) in [5.74, 6) is -1.88. The van der Waals surface area contributed by atoms with Crippen LogP contribution in [0.2, 0.25) is 0 Å². The third-order valence-electron chi connectivity index (χ3n) is 4.86. The molecule has 0 aromatic heterocycles. The van der Waals surface area contributed by atoms with Gasteiger partial charge >= 0.3 is 12.4 Å². The number of rotatable bonds is 3. The van der Waals surface area contributed by atoms with Crippen LogP contribution in [-0.2, 0) is 28.5 Å².